The number of benzene rings is 1. The molecule has 0 bridgehead atoms. The highest BCUT2D eigenvalue weighted by atomic mass is 19.1. The number of nitrogens with two attached hydrogens (primary N) is 1. The van der Waals surface area contributed by atoms with Gasteiger partial charge in [-0.05, 0) is 30.5 Å². The van der Waals surface area contributed by atoms with Crippen LogP contribution in [0.3, 0.4) is 0 Å². The molecule has 128 valence electrons. The largest absolute Gasteiger partial charge is 0.379 e. The highest BCUT2D eigenvalue weighted by molar-refractivity contribution is 5.77. The minimum absolute atomic E-state index is 0.365. The predicted octanol–water partition coefficient (Wildman–Crippen LogP) is 1.13. The average molecular weight is 326 g/mol. The van der Waals surface area contributed by atoms with Gasteiger partial charge in [-0.1, -0.05) is 0 Å². The normalized spacial score (nSPS) is 16.5. The molecule has 5 nitrogen and oxygen atoms in total. The molecule has 0 saturated carbocycles. The fraction of sp³-hybridized carbons (Fsp3) is 0.562. The van der Waals surface area contributed by atoms with Crippen molar-refractivity contribution in [2.75, 3.05) is 45.9 Å². The number of guanidine groups is 1. The van der Waals surface area contributed by atoms with Crippen LogP contribution in [-0.2, 0) is 11.2 Å². The van der Waals surface area contributed by atoms with E-state index in [0.717, 1.165) is 45.3 Å². The molecule has 23 heavy (non-hydrogen) atoms. The van der Waals surface area contributed by atoms with Crippen LogP contribution >= 0.6 is 0 Å². The van der Waals surface area contributed by atoms with Crippen molar-refractivity contribution in [1.29, 1.82) is 0 Å². The SMILES string of the molecule is NC(=NCCCN1CCOCC1)NCCc1cc(F)cc(F)c1. The van der Waals surface area contributed by atoms with Crippen molar-refractivity contribution < 1.29 is 13.5 Å². The topological polar surface area (TPSA) is 62.9 Å². The van der Waals surface area contributed by atoms with E-state index in [1.54, 1.807) is 0 Å². The molecular formula is C16H24F2N4O. The Morgan fingerprint density at radius 2 is 1.91 bits per heavy atom. The maximum atomic E-state index is 13.1. The van der Waals surface area contributed by atoms with Crippen molar-refractivity contribution in [3.8, 4) is 0 Å². The van der Waals surface area contributed by atoms with E-state index in [-0.39, 0.29) is 0 Å². The first-order valence-electron chi connectivity index (χ1n) is 7.92. The van der Waals surface area contributed by atoms with Crippen LogP contribution in [0.15, 0.2) is 23.2 Å². The van der Waals surface area contributed by atoms with E-state index in [2.05, 4.69) is 15.2 Å². The molecule has 7 heteroatoms. The molecular weight excluding hydrogens is 302 g/mol. The highest BCUT2D eigenvalue weighted by Crippen LogP contribution is 2.08. The van der Waals surface area contributed by atoms with Crippen LogP contribution in [0.4, 0.5) is 8.78 Å². The van der Waals surface area contributed by atoms with Crippen LogP contribution < -0.4 is 11.1 Å². The van der Waals surface area contributed by atoms with E-state index < -0.39 is 11.6 Å². The van der Waals surface area contributed by atoms with Gasteiger partial charge in [-0.25, -0.2) is 8.78 Å². The monoisotopic (exact) mass is 326 g/mol. The Balaban J connectivity index is 1.60. The van der Waals surface area contributed by atoms with Crippen molar-refractivity contribution in [1.82, 2.24) is 10.2 Å². The van der Waals surface area contributed by atoms with Crippen LogP contribution in [0.2, 0.25) is 0 Å². The first-order chi connectivity index (χ1) is 11.1. The number of aliphatic imine (C=N–C) groups is 1. The van der Waals surface area contributed by atoms with Crippen LogP contribution in [0.1, 0.15) is 12.0 Å². The molecule has 1 aromatic rings. The summed E-state index contributed by atoms with van der Waals surface area (Å²) < 4.78 is 31.4. The quantitative estimate of drug-likeness (QED) is 0.448. The summed E-state index contributed by atoms with van der Waals surface area (Å²) in [6, 6.07) is 3.50. The van der Waals surface area contributed by atoms with E-state index >= 15 is 0 Å². The summed E-state index contributed by atoms with van der Waals surface area (Å²) in [5.74, 6) is -0.765. The second-order valence-corrected chi connectivity index (χ2v) is 5.53. The lowest BCUT2D eigenvalue weighted by Gasteiger charge is -2.26. The lowest BCUT2D eigenvalue weighted by atomic mass is 10.1. The van der Waals surface area contributed by atoms with Gasteiger partial charge in [0.2, 0.25) is 0 Å². The number of morpholine rings is 1. The van der Waals surface area contributed by atoms with Gasteiger partial charge >= 0.3 is 0 Å². The summed E-state index contributed by atoms with van der Waals surface area (Å²) in [6.07, 6.45) is 1.43. The third kappa shape index (κ3) is 6.92. The first-order valence-corrected chi connectivity index (χ1v) is 7.92. The highest BCUT2D eigenvalue weighted by Gasteiger charge is 2.08. The number of hydrogen-bond acceptors (Lipinski definition) is 3. The Morgan fingerprint density at radius 1 is 1.22 bits per heavy atom. The second-order valence-electron chi connectivity index (χ2n) is 5.53. The van der Waals surface area contributed by atoms with Crippen molar-refractivity contribution in [2.45, 2.75) is 12.8 Å². The number of nitrogens with zero attached hydrogens (tertiary/aromatic N) is 2. The predicted molar refractivity (Wildman–Crippen MR) is 86.4 cm³/mol. The number of rotatable bonds is 7. The van der Waals surface area contributed by atoms with E-state index in [0.29, 0.717) is 31.0 Å². The van der Waals surface area contributed by atoms with Crippen molar-refractivity contribution >= 4 is 5.96 Å². The molecule has 2 rings (SSSR count). The van der Waals surface area contributed by atoms with E-state index in [1.807, 2.05) is 0 Å². The van der Waals surface area contributed by atoms with Crippen LogP contribution in [0, 0.1) is 11.6 Å². The fourth-order valence-electron chi connectivity index (χ4n) is 2.46. The summed E-state index contributed by atoms with van der Waals surface area (Å²) >= 11 is 0. The van der Waals surface area contributed by atoms with Crippen molar-refractivity contribution in [2.24, 2.45) is 10.7 Å². The molecule has 0 aromatic heterocycles. The molecule has 1 heterocycles. The molecule has 0 unspecified atom stereocenters. The lowest BCUT2D eigenvalue weighted by Crippen LogP contribution is -2.37. The molecule has 0 amide bonds. The summed E-state index contributed by atoms with van der Waals surface area (Å²) in [7, 11) is 0. The van der Waals surface area contributed by atoms with Gasteiger partial charge in [0, 0.05) is 38.8 Å². The zero-order valence-corrected chi connectivity index (χ0v) is 13.2. The van der Waals surface area contributed by atoms with E-state index in [1.165, 1.54) is 12.1 Å². The first kappa shape index (κ1) is 17.6. The lowest BCUT2D eigenvalue weighted by molar-refractivity contribution is 0.0377. The molecule has 1 aliphatic heterocycles. The number of hydrogen-bond donors (Lipinski definition) is 2. The van der Waals surface area contributed by atoms with Crippen molar-refractivity contribution in [3.63, 3.8) is 0 Å². The zero-order valence-electron chi connectivity index (χ0n) is 13.2. The summed E-state index contributed by atoms with van der Waals surface area (Å²) in [5, 5.41) is 2.96. The van der Waals surface area contributed by atoms with Crippen molar-refractivity contribution in [3.05, 3.63) is 35.4 Å². The summed E-state index contributed by atoms with van der Waals surface area (Å²) in [5.41, 5.74) is 6.37. The molecule has 0 aliphatic carbocycles. The standard InChI is InChI=1S/C16H24F2N4O/c17-14-10-13(11-15(18)12-14)2-4-21-16(19)20-3-1-5-22-6-8-23-9-7-22/h10-12H,1-9H2,(H3,19,20,21). The molecule has 3 N–H and O–H groups in total. The van der Waals surface area contributed by atoms with Crippen LogP contribution in [0.5, 0.6) is 0 Å². The van der Waals surface area contributed by atoms with Gasteiger partial charge in [0.05, 0.1) is 13.2 Å². The van der Waals surface area contributed by atoms with Gasteiger partial charge in [-0.3, -0.25) is 9.89 Å². The Morgan fingerprint density at radius 3 is 2.61 bits per heavy atom. The zero-order chi connectivity index (χ0) is 16.5. The number of halogens is 2. The maximum absolute atomic E-state index is 13.1. The van der Waals surface area contributed by atoms with Gasteiger partial charge in [-0.2, -0.15) is 0 Å². The third-order valence-electron chi connectivity index (χ3n) is 3.66. The Kier molecular flexibility index (Phi) is 7.22. The van der Waals surface area contributed by atoms with Gasteiger partial charge in [0.15, 0.2) is 5.96 Å². The van der Waals surface area contributed by atoms with E-state index in [4.69, 9.17) is 10.5 Å². The van der Waals surface area contributed by atoms with E-state index in [9.17, 15) is 8.78 Å². The Labute approximate surface area is 135 Å². The molecule has 1 fully saturated rings. The number of ether oxygens (including phenoxy) is 1. The summed E-state index contributed by atoms with van der Waals surface area (Å²) in [6.45, 7) is 5.68. The van der Waals surface area contributed by atoms with Gasteiger partial charge in [-0.15, -0.1) is 0 Å². The molecule has 0 radical (unpaired) electrons. The molecule has 1 saturated heterocycles. The molecule has 0 spiro atoms. The summed E-state index contributed by atoms with van der Waals surface area (Å²) in [4.78, 5) is 6.60. The van der Waals surface area contributed by atoms with Gasteiger partial charge in [0.1, 0.15) is 11.6 Å². The molecule has 0 atom stereocenters. The Bertz CT molecular complexity index is 499. The Hall–Kier alpha value is -1.73. The minimum atomic E-state index is -0.565. The van der Waals surface area contributed by atoms with Crippen LogP contribution in [0.25, 0.3) is 0 Å². The average Bonchev–Trinajstić information content (AvgIpc) is 2.52. The smallest absolute Gasteiger partial charge is 0.188 e. The van der Waals surface area contributed by atoms with Gasteiger partial charge in [0.25, 0.3) is 0 Å². The molecule has 1 aliphatic rings. The fourth-order valence-corrected chi connectivity index (χ4v) is 2.46. The minimum Gasteiger partial charge on any atom is -0.379 e. The van der Waals surface area contributed by atoms with Crippen LogP contribution in [-0.4, -0.2) is 56.8 Å². The maximum Gasteiger partial charge on any atom is 0.188 e. The third-order valence-corrected chi connectivity index (χ3v) is 3.66. The van der Waals surface area contributed by atoms with Gasteiger partial charge < -0.3 is 15.8 Å². The molecule has 1 aromatic carbocycles. The number of nitrogens with one attached hydrogen (secondary N) is 1. The second kappa shape index (κ2) is 9.42.